The zero-order valence-electron chi connectivity index (χ0n) is 9.85. The van der Waals surface area contributed by atoms with Crippen molar-refractivity contribution in [2.24, 2.45) is 0 Å². The first-order chi connectivity index (χ1) is 8.08. The van der Waals surface area contributed by atoms with Crippen molar-refractivity contribution in [2.75, 3.05) is 6.54 Å². The van der Waals surface area contributed by atoms with Crippen molar-refractivity contribution in [1.82, 2.24) is 5.32 Å². The average Bonchev–Trinajstić information content (AvgIpc) is 2.27. The van der Waals surface area contributed by atoms with E-state index in [0.29, 0.717) is 0 Å². The smallest absolute Gasteiger partial charge is 0.227 e. The summed E-state index contributed by atoms with van der Waals surface area (Å²) >= 11 is 0. The highest BCUT2D eigenvalue weighted by Gasteiger charge is 2.10. The van der Waals surface area contributed by atoms with Gasteiger partial charge in [-0.3, -0.25) is 9.59 Å². The fraction of sp³-hybridized carbons (Fsp3) is 0.385. The van der Waals surface area contributed by atoms with Gasteiger partial charge in [0, 0.05) is 13.0 Å². The molecule has 4 heteroatoms. The van der Waals surface area contributed by atoms with Gasteiger partial charge in [-0.2, -0.15) is 0 Å². The van der Waals surface area contributed by atoms with Crippen molar-refractivity contribution < 1.29 is 14.7 Å². The Kier molecular flexibility index (Phi) is 5.36. The third kappa shape index (κ3) is 5.82. The van der Waals surface area contributed by atoms with Crippen LogP contribution in [0.1, 0.15) is 18.9 Å². The number of rotatable bonds is 6. The van der Waals surface area contributed by atoms with E-state index in [4.69, 9.17) is 5.11 Å². The van der Waals surface area contributed by atoms with Gasteiger partial charge in [0.15, 0.2) is 0 Å². The number of aliphatic hydroxyl groups excluding tert-OH is 1. The molecule has 0 aliphatic rings. The van der Waals surface area contributed by atoms with Crippen molar-refractivity contribution in [3.63, 3.8) is 0 Å². The normalized spacial score (nSPS) is 11.9. The summed E-state index contributed by atoms with van der Waals surface area (Å²) in [6, 6.07) is 9.30. The predicted octanol–water partition coefficient (Wildman–Crippen LogP) is 0.685. The van der Waals surface area contributed by atoms with Crippen LogP contribution >= 0.6 is 0 Å². The van der Waals surface area contributed by atoms with Crippen LogP contribution < -0.4 is 5.32 Å². The van der Waals surface area contributed by atoms with Crippen molar-refractivity contribution in [3.8, 4) is 0 Å². The molecule has 1 aromatic rings. The summed E-state index contributed by atoms with van der Waals surface area (Å²) in [7, 11) is 0. The Balaban J connectivity index is 2.32. The highest BCUT2D eigenvalue weighted by atomic mass is 16.3. The Morgan fingerprint density at radius 2 is 1.94 bits per heavy atom. The summed E-state index contributed by atoms with van der Waals surface area (Å²) in [5, 5.41) is 11.5. The third-order valence-electron chi connectivity index (χ3n) is 2.20. The van der Waals surface area contributed by atoms with Gasteiger partial charge in [0.25, 0.3) is 0 Å². The summed E-state index contributed by atoms with van der Waals surface area (Å²) < 4.78 is 0. The van der Waals surface area contributed by atoms with Crippen LogP contribution in [0.25, 0.3) is 0 Å². The fourth-order valence-electron chi connectivity index (χ4n) is 1.39. The van der Waals surface area contributed by atoms with Gasteiger partial charge in [-0.15, -0.1) is 0 Å². The molecule has 1 rings (SSSR count). The zero-order valence-corrected chi connectivity index (χ0v) is 9.85. The van der Waals surface area contributed by atoms with Crippen molar-refractivity contribution >= 4 is 11.7 Å². The molecule has 17 heavy (non-hydrogen) atoms. The molecule has 92 valence electrons. The van der Waals surface area contributed by atoms with Crippen LogP contribution in [-0.4, -0.2) is 29.4 Å². The first kappa shape index (κ1) is 13.4. The molecule has 1 atom stereocenters. The Bertz CT molecular complexity index is 374. The van der Waals surface area contributed by atoms with Gasteiger partial charge >= 0.3 is 0 Å². The molecule has 0 saturated carbocycles. The largest absolute Gasteiger partial charge is 0.392 e. The number of carbonyl (C=O) groups excluding carboxylic acids is 2. The molecule has 0 bridgehead atoms. The van der Waals surface area contributed by atoms with E-state index >= 15 is 0 Å². The zero-order chi connectivity index (χ0) is 12.7. The molecule has 0 fully saturated rings. The summed E-state index contributed by atoms with van der Waals surface area (Å²) in [5.74, 6) is -0.467. The van der Waals surface area contributed by atoms with E-state index in [9.17, 15) is 9.59 Å². The maximum atomic E-state index is 11.5. The number of hydrogen-bond donors (Lipinski definition) is 2. The van der Waals surface area contributed by atoms with Crippen LogP contribution in [0.2, 0.25) is 0 Å². The summed E-state index contributed by atoms with van der Waals surface area (Å²) in [5.41, 5.74) is 0.904. The molecule has 1 unspecified atom stereocenters. The summed E-state index contributed by atoms with van der Waals surface area (Å²) in [6.45, 7) is 1.75. The van der Waals surface area contributed by atoms with Gasteiger partial charge in [-0.25, -0.2) is 0 Å². The molecular formula is C13H17NO3. The lowest BCUT2D eigenvalue weighted by molar-refractivity contribution is -0.128. The first-order valence-electron chi connectivity index (χ1n) is 5.58. The SMILES string of the molecule is CC(O)CNC(=O)CC(=O)Cc1ccccc1. The van der Waals surface area contributed by atoms with Gasteiger partial charge in [-0.05, 0) is 12.5 Å². The lowest BCUT2D eigenvalue weighted by Gasteiger charge is -2.06. The summed E-state index contributed by atoms with van der Waals surface area (Å²) in [6.07, 6.45) is -0.465. The minimum absolute atomic E-state index is 0.126. The Morgan fingerprint density at radius 1 is 1.29 bits per heavy atom. The molecule has 0 heterocycles. The number of ketones is 1. The molecule has 0 aromatic heterocycles. The molecule has 1 aromatic carbocycles. The van der Waals surface area contributed by atoms with E-state index in [1.54, 1.807) is 6.92 Å². The van der Waals surface area contributed by atoms with Crippen molar-refractivity contribution in [2.45, 2.75) is 25.9 Å². The first-order valence-corrected chi connectivity index (χ1v) is 5.58. The number of benzene rings is 1. The van der Waals surface area contributed by atoms with Crippen molar-refractivity contribution in [1.29, 1.82) is 0 Å². The number of aliphatic hydroxyl groups is 1. The highest BCUT2D eigenvalue weighted by molar-refractivity contribution is 5.98. The van der Waals surface area contributed by atoms with Gasteiger partial charge in [0.2, 0.25) is 5.91 Å². The average molecular weight is 235 g/mol. The maximum absolute atomic E-state index is 11.5. The van der Waals surface area contributed by atoms with Crippen LogP contribution in [0.3, 0.4) is 0 Å². The van der Waals surface area contributed by atoms with Gasteiger partial charge < -0.3 is 10.4 Å². The van der Waals surface area contributed by atoms with E-state index in [-0.39, 0.29) is 31.1 Å². The number of Topliss-reactive ketones (excluding diaryl/α,β-unsaturated/α-hetero) is 1. The van der Waals surface area contributed by atoms with Crippen LogP contribution in [-0.2, 0) is 16.0 Å². The van der Waals surface area contributed by atoms with E-state index < -0.39 is 6.10 Å². The second-order valence-corrected chi connectivity index (χ2v) is 4.03. The number of amides is 1. The molecular weight excluding hydrogens is 218 g/mol. The summed E-state index contributed by atoms with van der Waals surface area (Å²) in [4.78, 5) is 22.8. The maximum Gasteiger partial charge on any atom is 0.227 e. The number of hydrogen-bond acceptors (Lipinski definition) is 3. The van der Waals surface area contributed by atoms with Gasteiger partial charge in [0.1, 0.15) is 5.78 Å². The fourth-order valence-corrected chi connectivity index (χ4v) is 1.39. The molecule has 0 aliphatic heterocycles. The van der Waals surface area contributed by atoms with Crippen LogP contribution in [0.5, 0.6) is 0 Å². The molecule has 4 nitrogen and oxygen atoms in total. The minimum atomic E-state index is -0.594. The Hall–Kier alpha value is -1.68. The monoisotopic (exact) mass is 235 g/mol. The van der Waals surface area contributed by atoms with Crippen molar-refractivity contribution in [3.05, 3.63) is 35.9 Å². The van der Waals surface area contributed by atoms with E-state index in [0.717, 1.165) is 5.56 Å². The third-order valence-corrected chi connectivity index (χ3v) is 2.20. The Labute approximate surface area is 101 Å². The lowest BCUT2D eigenvalue weighted by Crippen LogP contribution is -2.32. The molecule has 2 N–H and O–H groups in total. The van der Waals surface area contributed by atoms with Gasteiger partial charge in [0.05, 0.1) is 12.5 Å². The molecule has 0 saturated heterocycles. The Morgan fingerprint density at radius 3 is 2.53 bits per heavy atom. The lowest BCUT2D eigenvalue weighted by atomic mass is 10.1. The quantitative estimate of drug-likeness (QED) is 0.713. The number of carbonyl (C=O) groups is 2. The van der Waals surface area contributed by atoms with E-state index in [1.165, 1.54) is 0 Å². The minimum Gasteiger partial charge on any atom is -0.392 e. The van der Waals surface area contributed by atoms with Crippen LogP contribution in [0, 0.1) is 0 Å². The molecule has 1 amide bonds. The second kappa shape index (κ2) is 6.81. The standard InChI is InChI=1S/C13H17NO3/c1-10(15)9-14-13(17)8-12(16)7-11-5-3-2-4-6-11/h2-6,10,15H,7-9H2,1H3,(H,14,17). The second-order valence-electron chi connectivity index (χ2n) is 4.03. The van der Waals surface area contributed by atoms with E-state index in [1.807, 2.05) is 30.3 Å². The van der Waals surface area contributed by atoms with Crippen LogP contribution in [0.15, 0.2) is 30.3 Å². The topological polar surface area (TPSA) is 66.4 Å². The highest BCUT2D eigenvalue weighted by Crippen LogP contribution is 2.01. The van der Waals surface area contributed by atoms with Gasteiger partial charge in [-0.1, -0.05) is 30.3 Å². The van der Waals surface area contributed by atoms with Crippen LogP contribution in [0.4, 0.5) is 0 Å². The number of nitrogens with one attached hydrogen (secondary N) is 1. The van der Waals surface area contributed by atoms with E-state index in [2.05, 4.69) is 5.32 Å². The molecule has 0 aliphatic carbocycles. The molecule has 0 spiro atoms. The predicted molar refractivity (Wildman–Crippen MR) is 64.5 cm³/mol. The molecule has 0 radical (unpaired) electrons.